The number of fused-ring (bicyclic) bond motifs is 3. The second kappa shape index (κ2) is 2.25. The Morgan fingerprint density at radius 3 is 3.00 bits per heavy atom. The number of hydrogen-bond acceptors (Lipinski definition) is 3. The monoisotopic (exact) mass is 176 g/mol. The molecular weight excluding hydrogens is 168 g/mol. The summed E-state index contributed by atoms with van der Waals surface area (Å²) in [6.45, 7) is 0. The van der Waals surface area contributed by atoms with Crippen molar-refractivity contribution in [3.63, 3.8) is 0 Å². The smallest absolute Gasteiger partial charge is 0.309 e. The third kappa shape index (κ3) is 0.869. The summed E-state index contributed by atoms with van der Waals surface area (Å²) in [4.78, 5) is 11.0. The standard InChI is InChI=1S/C10H8O3/c11-9-5-7-6-3-1-2-4-8(6)12-10(7)13-9/h1-4,7,10H,5H2/t7-,10-/m0/s1. The summed E-state index contributed by atoms with van der Waals surface area (Å²) in [5, 5.41) is 0. The van der Waals surface area contributed by atoms with Crippen LogP contribution < -0.4 is 4.74 Å². The molecule has 0 bridgehead atoms. The Balaban J connectivity index is 2.06. The molecule has 0 saturated carbocycles. The van der Waals surface area contributed by atoms with E-state index in [0.29, 0.717) is 6.42 Å². The highest BCUT2D eigenvalue weighted by atomic mass is 16.7. The molecule has 13 heavy (non-hydrogen) atoms. The number of esters is 1. The van der Waals surface area contributed by atoms with Crippen molar-refractivity contribution in [2.24, 2.45) is 0 Å². The molecule has 0 N–H and O–H groups in total. The van der Waals surface area contributed by atoms with E-state index in [4.69, 9.17) is 9.47 Å². The maximum atomic E-state index is 11.0. The van der Waals surface area contributed by atoms with Crippen LogP contribution in [0.3, 0.4) is 0 Å². The van der Waals surface area contributed by atoms with E-state index in [2.05, 4.69) is 0 Å². The summed E-state index contributed by atoms with van der Waals surface area (Å²) >= 11 is 0. The van der Waals surface area contributed by atoms with Gasteiger partial charge in [-0.15, -0.1) is 0 Å². The minimum atomic E-state index is -0.370. The molecule has 1 aromatic rings. The fourth-order valence-electron chi connectivity index (χ4n) is 1.92. The number of ether oxygens (including phenoxy) is 2. The molecule has 1 fully saturated rings. The quantitative estimate of drug-likeness (QED) is 0.561. The van der Waals surface area contributed by atoms with E-state index in [1.807, 2.05) is 24.3 Å². The summed E-state index contributed by atoms with van der Waals surface area (Å²) < 4.78 is 10.5. The van der Waals surface area contributed by atoms with Gasteiger partial charge in [-0.05, 0) is 6.07 Å². The molecule has 1 aromatic carbocycles. The first kappa shape index (κ1) is 6.95. The molecule has 1 saturated heterocycles. The van der Waals surface area contributed by atoms with E-state index in [1.165, 1.54) is 0 Å². The van der Waals surface area contributed by atoms with Gasteiger partial charge in [0.05, 0.1) is 12.3 Å². The number of carbonyl (C=O) groups excluding carboxylic acids is 1. The van der Waals surface area contributed by atoms with Crippen molar-refractivity contribution >= 4 is 5.97 Å². The summed E-state index contributed by atoms with van der Waals surface area (Å²) in [5.41, 5.74) is 1.10. The second-order valence-electron chi connectivity index (χ2n) is 3.32. The normalized spacial score (nSPS) is 29.1. The Kier molecular flexibility index (Phi) is 1.20. The number of rotatable bonds is 0. The van der Waals surface area contributed by atoms with Crippen molar-refractivity contribution in [2.75, 3.05) is 0 Å². The molecule has 3 nitrogen and oxygen atoms in total. The molecule has 3 heteroatoms. The van der Waals surface area contributed by atoms with Crippen LogP contribution in [0.25, 0.3) is 0 Å². The molecule has 0 radical (unpaired) electrons. The highest BCUT2D eigenvalue weighted by molar-refractivity contribution is 5.74. The van der Waals surface area contributed by atoms with Gasteiger partial charge in [0.2, 0.25) is 0 Å². The largest absolute Gasteiger partial charge is 0.454 e. The SMILES string of the molecule is O=C1C[C@H]2c3ccccc3O[C@H]2O1. The lowest BCUT2D eigenvalue weighted by Gasteiger charge is -2.05. The van der Waals surface area contributed by atoms with Gasteiger partial charge in [0, 0.05) is 5.56 Å². The second-order valence-corrected chi connectivity index (χ2v) is 3.32. The lowest BCUT2D eigenvalue weighted by Crippen LogP contribution is -2.14. The van der Waals surface area contributed by atoms with E-state index in [9.17, 15) is 4.79 Å². The summed E-state index contributed by atoms with van der Waals surface area (Å²) in [6.07, 6.45) is 0.0756. The van der Waals surface area contributed by atoms with Gasteiger partial charge in [-0.2, -0.15) is 0 Å². The lowest BCUT2D eigenvalue weighted by atomic mass is 9.99. The maximum absolute atomic E-state index is 11.0. The zero-order chi connectivity index (χ0) is 8.84. The van der Waals surface area contributed by atoms with E-state index in [1.54, 1.807) is 0 Å². The van der Waals surface area contributed by atoms with Crippen LogP contribution in [-0.2, 0) is 9.53 Å². The molecule has 0 unspecified atom stereocenters. The third-order valence-corrected chi connectivity index (χ3v) is 2.52. The van der Waals surface area contributed by atoms with Gasteiger partial charge < -0.3 is 9.47 Å². The van der Waals surface area contributed by atoms with Crippen LogP contribution in [0.4, 0.5) is 0 Å². The van der Waals surface area contributed by atoms with Gasteiger partial charge in [0.25, 0.3) is 6.29 Å². The van der Waals surface area contributed by atoms with Gasteiger partial charge in [-0.1, -0.05) is 18.2 Å². The van der Waals surface area contributed by atoms with Crippen molar-refractivity contribution in [1.29, 1.82) is 0 Å². The number of hydrogen-bond donors (Lipinski definition) is 0. The Hall–Kier alpha value is -1.51. The van der Waals surface area contributed by atoms with Crippen molar-refractivity contribution in [1.82, 2.24) is 0 Å². The fraction of sp³-hybridized carbons (Fsp3) is 0.300. The molecule has 2 atom stereocenters. The third-order valence-electron chi connectivity index (χ3n) is 2.52. The molecule has 0 spiro atoms. The average Bonchev–Trinajstić information content (AvgIpc) is 2.60. The highest BCUT2D eigenvalue weighted by Gasteiger charge is 2.43. The van der Waals surface area contributed by atoms with Gasteiger partial charge in [0.1, 0.15) is 5.75 Å². The number of carbonyl (C=O) groups is 1. The molecule has 2 aliphatic rings. The summed E-state index contributed by atoms with van der Waals surface area (Å²) in [6, 6.07) is 7.76. The predicted octanol–water partition coefficient (Wildman–Crippen LogP) is 1.44. The maximum Gasteiger partial charge on any atom is 0.309 e. The van der Waals surface area contributed by atoms with Crippen LogP contribution in [0.2, 0.25) is 0 Å². The zero-order valence-corrected chi connectivity index (χ0v) is 6.90. The lowest BCUT2D eigenvalue weighted by molar-refractivity contribution is -0.150. The molecule has 2 aliphatic heterocycles. The zero-order valence-electron chi connectivity index (χ0n) is 6.90. The first-order valence-electron chi connectivity index (χ1n) is 4.29. The van der Waals surface area contributed by atoms with E-state index < -0.39 is 0 Å². The minimum Gasteiger partial charge on any atom is -0.454 e. The van der Waals surface area contributed by atoms with Crippen LogP contribution in [0, 0.1) is 0 Å². The van der Waals surface area contributed by atoms with Crippen LogP contribution >= 0.6 is 0 Å². The van der Waals surface area contributed by atoms with Gasteiger partial charge in [-0.25, -0.2) is 0 Å². The first-order chi connectivity index (χ1) is 6.34. The van der Waals surface area contributed by atoms with E-state index >= 15 is 0 Å². The predicted molar refractivity (Wildman–Crippen MR) is 44.3 cm³/mol. The summed E-state index contributed by atoms with van der Waals surface area (Å²) in [7, 11) is 0. The highest BCUT2D eigenvalue weighted by Crippen LogP contribution is 2.43. The van der Waals surface area contributed by atoms with Crippen molar-refractivity contribution in [3.05, 3.63) is 29.8 Å². The molecule has 0 amide bonds. The van der Waals surface area contributed by atoms with Gasteiger partial charge in [0.15, 0.2) is 0 Å². The van der Waals surface area contributed by atoms with E-state index in [-0.39, 0.29) is 18.2 Å². The van der Waals surface area contributed by atoms with Crippen LogP contribution in [0.1, 0.15) is 17.9 Å². The Morgan fingerprint density at radius 2 is 2.08 bits per heavy atom. The van der Waals surface area contributed by atoms with E-state index in [0.717, 1.165) is 11.3 Å². The van der Waals surface area contributed by atoms with Gasteiger partial charge >= 0.3 is 5.97 Å². The van der Waals surface area contributed by atoms with Crippen molar-refractivity contribution in [2.45, 2.75) is 18.6 Å². The van der Waals surface area contributed by atoms with Crippen LogP contribution in [-0.4, -0.2) is 12.3 Å². The molecule has 0 aliphatic carbocycles. The van der Waals surface area contributed by atoms with Crippen molar-refractivity contribution < 1.29 is 14.3 Å². The average molecular weight is 176 g/mol. The van der Waals surface area contributed by atoms with Crippen LogP contribution in [0.5, 0.6) is 5.75 Å². The Morgan fingerprint density at radius 1 is 1.23 bits per heavy atom. The number of para-hydroxylation sites is 1. The minimum absolute atomic E-state index is 0.115. The molecule has 0 aromatic heterocycles. The molecule has 2 heterocycles. The first-order valence-corrected chi connectivity index (χ1v) is 4.29. The fourth-order valence-corrected chi connectivity index (χ4v) is 1.92. The molecule has 3 rings (SSSR count). The van der Waals surface area contributed by atoms with Crippen molar-refractivity contribution in [3.8, 4) is 5.75 Å². The Bertz CT molecular complexity index is 372. The van der Waals surface area contributed by atoms with Gasteiger partial charge in [-0.3, -0.25) is 4.79 Å². The number of benzene rings is 1. The Labute approximate surface area is 75.3 Å². The molecular formula is C10H8O3. The topological polar surface area (TPSA) is 35.5 Å². The van der Waals surface area contributed by atoms with Crippen LogP contribution in [0.15, 0.2) is 24.3 Å². The summed E-state index contributed by atoms with van der Waals surface area (Å²) in [5.74, 6) is 0.804. The molecule has 66 valence electrons.